The summed E-state index contributed by atoms with van der Waals surface area (Å²) in [6, 6.07) is 11.8. The van der Waals surface area contributed by atoms with Gasteiger partial charge >= 0.3 is 0 Å². The van der Waals surface area contributed by atoms with Crippen molar-refractivity contribution in [1.29, 1.82) is 0 Å². The summed E-state index contributed by atoms with van der Waals surface area (Å²) in [5.41, 5.74) is 1.40. The van der Waals surface area contributed by atoms with Crippen molar-refractivity contribution < 1.29 is 0 Å². The molecule has 0 saturated heterocycles. The molecule has 96 valence electrons. The van der Waals surface area contributed by atoms with Crippen LogP contribution in [0.15, 0.2) is 35.3 Å². The summed E-state index contributed by atoms with van der Waals surface area (Å²) < 4.78 is 0. The van der Waals surface area contributed by atoms with Crippen molar-refractivity contribution in [3.05, 3.63) is 35.9 Å². The Bertz CT molecular complexity index is 410. The molecule has 1 N–H and O–H groups in total. The summed E-state index contributed by atoms with van der Waals surface area (Å²) in [6.45, 7) is 0. The maximum atomic E-state index is 4.82. The largest absolute Gasteiger partial charge is 0.362 e. The Morgan fingerprint density at radius 1 is 1.17 bits per heavy atom. The van der Waals surface area contributed by atoms with Gasteiger partial charge in [-0.15, -0.1) is 0 Å². The Kier molecular flexibility index (Phi) is 3.89. The van der Waals surface area contributed by atoms with Gasteiger partial charge in [0.2, 0.25) is 0 Å². The zero-order valence-corrected chi connectivity index (χ0v) is 11.5. The van der Waals surface area contributed by atoms with Crippen LogP contribution in [-0.4, -0.2) is 23.0 Å². The SMILES string of the molecule is c1ccc(CC2CSC(NC3CCCC3)=N2)cc1. The molecule has 0 bridgehead atoms. The normalized spacial score (nSPS) is 24.2. The highest BCUT2D eigenvalue weighted by atomic mass is 32.2. The monoisotopic (exact) mass is 260 g/mol. The van der Waals surface area contributed by atoms with Crippen LogP contribution in [0.4, 0.5) is 0 Å². The van der Waals surface area contributed by atoms with Crippen molar-refractivity contribution in [1.82, 2.24) is 5.32 Å². The number of rotatable bonds is 3. The lowest BCUT2D eigenvalue weighted by molar-refractivity contribution is 0.631. The van der Waals surface area contributed by atoms with Gasteiger partial charge in [0.1, 0.15) is 0 Å². The summed E-state index contributed by atoms with van der Waals surface area (Å²) in [6.07, 6.45) is 6.47. The number of benzene rings is 1. The highest BCUT2D eigenvalue weighted by Gasteiger charge is 2.22. The van der Waals surface area contributed by atoms with Crippen molar-refractivity contribution in [2.45, 2.75) is 44.2 Å². The molecule has 0 spiro atoms. The number of thioether (sulfide) groups is 1. The molecule has 1 aromatic rings. The second-order valence-electron chi connectivity index (χ2n) is 5.21. The van der Waals surface area contributed by atoms with Gasteiger partial charge in [0, 0.05) is 11.8 Å². The van der Waals surface area contributed by atoms with Crippen LogP contribution in [0.5, 0.6) is 0 Å². The maximum absolute atomic E-state index is 4.82. The summed E-state index contributed by atoms with van der Waals surface area (Å²) >= 11 is 1.90. The fourth-order valence-corrected chi connectivity index (χ4v) is 3.75. The van der Waals surface area contributed by atoms with Gasteiger partial charge in [-0.1, -0.05) is 54.9 Å². The van der Waals surface area contributed by atoms with Crippen LogP contribution in [0.2, 0.25) is 0 Å². The minimum absolute atomic E-state index is 0.460. The second kappa shape index (κ2) is 5.79. The fourth-order valence-electron chi connectivity index (χ4n) is 2.73. The molecule has 1 unspecified atom stereocenters. The lowest BCUT2D eigenvalue weighted by atomic mass is 10.1. The average molecular weight is 260 g/mol. The third kappa shape index (κ3) is 3.08. The molecular weight excluding hydrogens is 240 g/mol. The van der Waals surface area contributed by atoms with Gasteiger partial charge in [-0.2, -0.15) is 0 Å². The number of hydrogen-bond donors (Lipinski definition) is 1. The second-order valence-corrected chi connectivity index (χ2v) is 6.22. The first-order chi connectivity index (χ1) is 8.90. The minimum atomic E-state index is 0.460. The van der Waals surface area contributed by atoms with Gasteiger partial charge < -0.3 is 5.32 Å². The lowest BCUT2D eigenvalue weighted by Crippen LogP contribution is -2.29. The Balaban J connectivity index is 1.54. The van der Waals surface area contributed by atoms with Crippen molar-refractivity contribution in [2.75, 3.05) is 5.75 Å². The first kappa shape index (κ1) is 12.1. The quantitative estimate of drug-likeness (QED) is 0.902. The molecule has 1 heterocycles. The van der Waals surface area contributed by atoms with Crippen molar-refractivity contribution in [2.24, 2.45) is 4.99 Å². The minimum Gasteiger partial charge on any atom is -0.362 e. The van der Waals surface area contributed by atoms with Gasteiger partial charge in [-0.25, -0.2) is 0 Å². The standard InChI is InChI=1S/C15H20N2S/c1-2-6-12(7-3-1)10-14-11-18-15(17-14)16-13-8-4-5-9-13/h1-3,6-7,13-14H,4-5,8-11H2,(H,16,17). The van der Waals surface area contributed by atoms with E-state index < -0.39 is 0 Å². The predicted octanol–water partition coefficient (Wildman–Crippen LogP) is 3.23. The summed E-state index contributed by atoms with van der Waals surface area (Å²) in [5.74, 6) is 1.13. The zero-order chi connectivity index (χ0) is 12.2. The fraction of sp³-hybridized carbons (Fsp3) is 0.533. The smallest absolute Gasteiger partial charge is 0.157 e. The predicted molar refractivity (Wildman–Crippen MR) is 79.2 cm³/mol. The van der Waals surface area contributed by atoms with Gasteiger partial charge in [0.25, 0.3) is 0 Å². The molecule has 1 aliphatic carbocycles. The van der Waals surface area contributed by atoms with E-state index in [2.05, 4.69) is 35.6 Å². The van der Waals surface area contributed by atoms with Crippen LogP contribution < -0.4 is 5.32 Å². The summed E-state index contributed by atoms with van der Waals surface area (Å²) in [5, 5.41) is 4.79. The van der Waals surface area contributed by atoms with Gasteiger partial charge in [-0.3, -0.25) is 4.99 Å². The number of nitrogens with zero attached hydrogens (tertiary/aromatic N) is 1. The third-order valence-electron chi connectivity index (χ3n) is 3.71. The van der Waals surface area contributed by atoms with Crippen molar-refractivity contribution in [3.8, 4) is 0 Å². The van der Waals surface area contributed by atoms with E-state index in [4.69, 9.17) is 4.99 Å². The van der Waals surface area contributed by atoms with Crippen LogP contribution in [0.3, 0.4) is 0 Å². The number of hydrogen-bond acceptors (Lipinski definition) is 3. The average Bonchev–Trinajstić information content (AvgIpc) is 3.03. The zero-order valence-electron chi connectivity index (χ0n) is 10.6. The number of nitrogens with one attached hydrogen (secondary N) is 1. The maximum Gasteiger partial charge on any atom is 0.157 e. The molecule has 3 heteroatoms. The topological polar surface area (TPSA) is 24.4 Å². The highest BCUT2D eigenvalue weighted by molar-refractivity contribution is 8.14. The molecule has 1 atom stereocenters. The lowest BCUT2D eigenvalue weighted by Gasteiger charge is -2.11. The molecule has 1 aromatic carbocycles. The Hall–Kier alpha value is -0.960. The van der Waals surface area contributed by atoms with Crippen LogP contribution in [-0.2, 0) is 6.42 Å². The number of amidine groups is 1. The van der Waals surface area contributed by atoms with E-state index in [1.807, 2.05) is 11.8 Å². The van der Waals surface area contributed by atoms with E-state index in [1.165, 1.54) is 36.4 Å². The van der Waals surface area contributed by atoms with E-state index in [0.717, 1.165) is 12.2 Å². The Morgan fingerprint density at radius 2 is 1.94 bits per heavy atom. The van der Waals surface area contributed by atoms with Gasteiger partial charge in [-0.05, 0) is 24.8 Å². The van der Waals surface area contributed by atoms with Crippen LogP contribution in [0, 0.1) is 0 Å². The molecule has 1 saturated carbocycles. The van der Waals surface area contributed by atoms with Crippen LogP contribution in [0.25, 0.3) is 0 Å². The van der Waals surface area contributed by atoms with Crippen molar-refractivity contribution >= 4 is 16.9 Å². The summed E-state index contributed by atoms with van der Waals surface area (Å²) in [7, 11) is 0. The molecular formula is C15H20N2S. The molecule has 0 radical (unpaired) electrons. The molecule has 18 heavy (non-hydrogen) atoms. The summed E-state index contributed by atoms with van der Waals surface area (Å²) in [4.78, 5) is 4.82. The van der Waals surface area contributed by atoms with E-state index in [0.29, 0.717) is 12.1 Å². The molecule has 1 aliphatic heterocycles. The van der Waals surface area contributed by atoms with E-state index in [-0.39, 0.29) is 0 Å². The van der Waals surface area contributed by atoms with Crippen LogP contribution >= 0.6 is 11.8 Å². The molecule has 2 aliphatic rings. The molecule has 3 rings (SSSR count). The third-order valence-corrected chi connectivity index (χ3v) is 4.76. The van der Waals surface area contributed by atoms with E-state index >= 15 is 0 Å². The van der Waals surface area contributed by atoms with E-state index in [9.17, 15) is 0 Å². The van der Waals surface area contributed by atoms with Gasteiger partial charge in [0.15, 0.2) is 5.17 Å². The Labute approximate surface area is 113 Å². The van der Waals surface area contributed by atoms with E-state index in [1.54, 1.807) is 0 Å². The number of aliphatic imine (C=N–C) groups is 1. The van der Waals surface area contributed by atoms with Gasteiger partial charge in [0.05, 0.1) is 6.04 Å². The molecule has 2 nitrogen and oxygen atoms in total. The van der Waals surface area contributed by atoms with Crippen LogP contribution in [0.1, 0.15) is 31.2 Å². The highest BCUT2D eigenvalue weighted by Crippen LogP contribution is 2.23. The molecule has 1 fully saturated rings. The first-order valence-corrected chi connectivity index (χ1v) is 7.90. The molecule has 0 amide bonds. The Morgan fingerprint density at radius 3 is 2.72 bits per heavy atom. The molecule has 0 aromatic heterocycles. The van der Waals surface area contributed by atoms with Crippen molar-refractivity contribution in [3.63, 3.8) is 0 Å². The first-order valence-electron chi connectivity index (χ1n) is 6.91.